The molecule has 0 radical (unpaired) electrons. The molecule has 1 heterocycles. The number of ether oxygens (including phenoxy) is 1. The number of hydrogen-bond donors (Lipinski definition) is 2. The number of carbonyl (C=O) groups is 1. The van der Waals surface area contributed by atoms with Crippen LogP contribution in [0.15, 0.2) is 47.5 Å². The van der Waals surface area contributed by atoms with E-state index in [1.54, 1.807) is 5.48 Å². The highest BCUT2D eigenvalue weighted by Crippen LogP contribution is 2.19. The third-order valence-electron chi connectivity index (χ3n) is 3.06. The molecule has 1 amide bonds. The van der Waals surface area contributed by atoms with Crippen molar-refractivity contribution in [1.82, 2.24) is 5.48 Å². The minimum absolute atomic E-state index is 0.147. The highest BCUT2D eigenvalue weighted by molar-refractivity contribution is 6.01. The van der Waals surface area contributed by atoms with Crippen LogP contribution in [-0.2, 0) is 9.53 Å². The van der Waals surface area contributed by atoms with Crippen LogP contribution in [0.5, 0.6) is 0 Å². The van der Waals surface area contributed by atoms with Gasteiger partial charge in [0.2, 0.25) is 5.90 Å². The molecule has 0 aromatic heterocycles. The van der Waals surface area contributed by atoms with Crippen LogP contribution in [0.1, 0.15) is 5.56 Å². The summed E-state index contributed by atoms with van der Waals surface area (Å²) in [5.41, 5.74) is 2.41. The summed E-state index contributed by atoms with van der Waals surface area (Å²) in [6.45, 7) is 0.147. The molecule has 5 nitrogen and oxygen atoms in total. The highest BCUT2D eigenvalue weighted by atomic mass is 16.5. The SMILES string of the molecule is O=C(NO)[C@H]1COC(c2ccc3ccccc3c2)=N1. The van der Waals surface area contributed by atoms with Crippen molar-refractivity contribution in [2.45, 2.75) is 6.04 Å². The Morgan fingerprint density at radius 1 is 1.26 bits per heavy atom. The van der Waals surface area contributed by atoms with E-state index >= 15 is 0 Å². The van der Waals surface area contributed by atoms with Crippen LogP contribution in [0, 0.1) is 0 Å². The third-order valence-corrected chi connectivity index (χ3v) is 3.06. The summed E-state index contributed by atoms with van der Waals surface area (Å²) in [7, 11) is 0. The van der Waals surface area contributed by atoms with Crippen LogP contribution < -0.4 is 5.48 Å². The Morgan fingerprint density at radius 2 is 2.05 bits per heavy atom. The molecule has 0 saturated heterocycles. The smallest absolute Gasteiger partial charge is 0.271 e. The van der Waals surface area contributed by atoms with Gasteiger partial charge in [0.25, 0.3) is 5.91 Å². The average molecular weight is 256 g/mol. The first kappa shape index (κ1) is 11.7. The van der Waals surface area contributed by atoms with Crippen molar-refractivity contribution in [2.24, 2.45) is 4.99 Å². The number of nitrogens with one attached hydrogen (secondary N) is 1. The molecule has 2 N–H and O–H groups in total. The number of aliphatic imine (C=N–C) groups is 1. The van der Waals surface area contributed by atoms with Gasteiger partial charge in [-0.25, -0.2) is 10.5 Å². The van der Waals surface area contributed by atoms with E-state index in [0.29, 0.717) is 5.90 Å². The van der Waals surface area contributed by atoms with Gasteiger partial charge in [0, 0.05) is 5.56 Å². The van der Waals surface area contributed by atoms with E-state index in [4.69, 9.17) is 9.94 Å². The largest absolute Gasteiger partial charge is 0.475 e. The van der Waals surface area contributed by atoms with Gasteiger partial charge in [-0.1, -0.05) is 30.3 Å². The number of nitrogens with zero attached hydrogens (tertiary/aromatic N) is 1. The summed E-state index contributed by atoms with van der Waals surface area (Å²) < 4.78 is 5.40. The number of fused-ring (bicyclic) bond motifs is 1. The van der Waals surface area contributed by atoms with Crippen LogP contribution in [0.2, 0.25) is 0 Å². The molecular formula is C14H12N2O3. The summed E-state index contributed by atoms with van der Waals surface area (Å²) in [5.74, 6) is -0.129. The predicted molar refractivity (Wildman–Crippen MR) is 70.2 cm³/mol. The van der Waals surface area contributed by atoms with Crippen molar-refractivity contribution >= 4 is 22.6 Å². The molecule has 5 heteroatoms. The van der Waals surface area contributed by atoms with Gasteiger partial charge in [-0.3, -0.25) is 10.0 Å². The molecule has 1 atom stereocenters. The van der Waals surface area contributed by atoms with Crippen molar-refractivity contribution in [2.75, 3.05) is 6.61 Å². The van der Waals surface area contributed by atoms with Crippen LogP contribution >= 0.6 is 0 Å². The Hall–Kier alpha value is -2.40. The van der Waals surface area contributed by atoms with Gasteiger partial charge in [-0.15, -0.1) is 0 Å². The van der Waals surface area contributed by atoms with Crippen molar-refractivity contribution in [3.63, 3.8) is 0 Å². The van der Waals surface area contributed by atoms with Gasteiger partial charge in [0.15, 0.2) is 6.04 Å². The number of carbonyl (C=O) groups excluding carboxylic acids is 1. The standard InChI is InChI=1S/C14H12N2O3/c17-13(16-18)12-8-19-14(15-12)11-6-5-9-3-1-2-4-10(9)7-11/h1-7,12,18H,8H2,(H,16,17)/t12-/m1/s1. The van der Waals surface area contributed by atoms with Gasteiger partial charge < -0.3 is 4.74 Å². The molecule has 2 aromatic rings. The van der Waals surface area contributed by atoms with E-state index in [9.17, 15) is 4.79 Å². The minimum atomic E-state index is -0.688. The Kier molecular flexibility index (Phi) is 2.89. The lowest BCUT2D eigenvalue weighted by molar-refractivity contribution is -0.130. The molecule has 0 bridgehead atoms. The summed E-state index contributed by atoms with van der Waals surface area (Å²) in [4.78, 5) is 15.4. The zero-order chi connectivity index (χ0) is 13.2. The molecule has 0 aliphatic carbocycles. The quantitative estimate of drug-likeness (QED) is 0.631. The minimum Gasteiger partial charge on any atom is -0.475 e. The number of benzene rings is 2. The van der Waals surface area contributed by atoms with E-state index < -0.39 is 11.9 Å². The summed E-state index contributed by atoms with van der Waals surface area (Å²) in [6, 6.07) is 13.1. The molecule has 0 saturated carbocycles. The number of rotatable bonds is 2. The second-order valence-electron chi connectivity index (χ2n) is 4.30. The molecule has 3 rings (SSSR count). The average Bonchev–Trinajstić information content (AvgIpc) is 2.95. The Labute approximate surface area is 109 Å². The lowest BCUT2D eigenvalue weighted by atomic mass is 10.1. The van der Waals surface area contributed by atoms with Gasteiger partial charge >= 0.3 is 0 Å². The molecule has 0 unspecified atom stereocenters. The van der Waals surface area contributed by atoms with Crippen LogP contribution in [0.4, 0.5) is 0 Å². The Bertz CT molecular complexity index is 667. The second kappa shape index (κ2) is 4.70. The van der Waals surface area contributed by atoms with Crippen LogP contribution in [0.25, 0.3) is 10.8 Å². The lowest BCUT2D eigenvalue weighted by Gasteiger charge is -2.03. The van der Waals surface area contributed by atoms with E-state index in [1.165, 1.54) is 0 Å². The van der Waals surface area contributed by atoms with Crippen molar-refractivity contribution in [3.8, 4) is 0 Å². The maximum absolute atomic E-state index is 11.3. The normalized spacial score (nSPS) is 17.9. The monoisotopic (exact) mass is 256 g/mol. The fraction of sp³-hybridized carbons (Fsp3) is 0.143. The molecule has 96 valence electrons. The summed E-state index contributed by atoms with van der Waals surface area (Å²) in [5, 5.41) is 10.8. The molecule has 2 aromatic carbocycles. The zero-order valence-corrected chi connectivity index (χ0v) is 10.0. The van der Waals surface area contributed by atoms with E-state index in [-0.39, 0.29) is 6.61 Å². The zero-order valence-electron chi connectivity index (χ0n) is 10.0. The first-order valence-corrected chi connectivity index (χ1v) is 5.91. The number of hydrogen-bond acceptors (Lipinski definition) is 4. The molecule has 1 aliphatic rings. The van der Waals surface area contributed by atoms with Crippen LogP contribution in [-0.4, -0.2) is 29.7 Å². The van der Waals surface area contributed by atoms with E-state index in [0.717, 1.165) is 16.3 Å². The maximum Gasteiger partial charge on any atom is 0.271 e. The molecule has 19 heavy (non-hydrogen) atoms. The van der Waals surface area contributed by atoms with E-state index in [1.807, 2.05) is 42.5 Å². The Balaban J connectivity index is 1.94. The fourth-order valence-corrected chi connectivity index (χ4v) is 2.06. The van der Waals surface area contributed by atoms with Crippen molar-refractivity contribution in [1.29, 1.82) is 0 Å². The van der Waals surface area contributed by atoms with Gasteiger partial charge in [-0.2, -0.15) is 0 Å². The number of amides is 1. The number of hydroxylamine groups is 1. The lowest BCUT2D eigenvalue weighted by Crippen LogP contribution is -2.31. The van der Waals surface area contributed by atoms with Crippen molar-refractivity contribution < 1.29 is 14.7 Å². The first-order chi connectivity index (χ1) is 9.28. The topological polar surface area (TPSA) is 70.9 Å². The summed E-state index contributed by atoms with van der Waals surface area (Å²) in [6.07, 6.45) is 0. The Morgan fingerprint density at radius 3 is 2.84 bits per heavy atom. The molecule has 1 aliphatic heterocycles. The third kappa shape index (κ3) is 2.15. The van der Waals surface area contributed by atoms with Gasteiger partial charge in [0.05, 0.1) is 0 Å². The van der Waals surface area contributed by atoms with Crippen molar-refractivity contribution in [3.05, 3.63) is 48.0 Å². The van der Waals surface area contributed by atoms with Crippen LogP contribution in [0.3, 0.4) is 0 Å². The second-order valence-corrected chi connectivity index (χ2v) is 4.30. The first-order valence-electron chi connectivity index (χ1n) is 5.91. The summed E-state index contributed by atoms with van der Waals surface area (Å²) >= 11 is 0. The molecular weight excluding hydrogens is 244 g/mol. The molecule has 0 fully saturated rings. The molecule has 0 spiro atoms. The fourth-order valence-electron chi connectivity index (χ4n) is 2.06. The highest BCUT2D eigenvalue weighted by Gasteiger charge is 2.26. The predicted octanol–water partition coefficient (Wildman–Crippen LogP) is 1.49. The maximum atomic E-state index is 11.3. The van der Waals surface area contributed by atoms with Gasteiger partial charge in [0.1, 0.15) is 6.61 Å². The van der Waals surface area contributed by atoms with E-state index in [2.05, 4.69) is 4.99 Å². The van der Waals surface area contributed by atoms with Gasteiger partial charge in [-0.05, 0) is 22.9 Å².